The van der Waals surface area contributed by atoms with Gasteiger partial charge in [-0.3, -0.25) is 0 Å². The van der Waals surface area contributed by atoms with E-state index in [1.165, 1.54) is 12.8 Å². The van der Waals surface area contributed by atoms with Crippen LogP contribution in [-0.4, -0.2) is 22.1 Å². The van der Waals surface area contributed by atoms with E-state index in [0.29, 0.717) is 6.04 Å². The van der Waals surface area contributed by atoms with Gasteiger partial charge in [0, 0.05) is 23.8 Å². The molecule has 1 heterocycles. The van der Waals surface area contributed by atoms with Crippen molar-refractivity contribution in [2.45, 2.75) is 58.0 Å². The van der Waals surface area contributed by atoms with Crippen LogP contribution in [0.1, 0.15) is 44.1 Å². The fourth-order valence-corrected chi connectivity index (χ4v) is 2.41. The first-order valence-corrected chi connectivity index (χ1v) is 6.55. The lowest BCUT2D eigenvalue weighted by atomic mass is 9.91. The second-order valence-electron chi connectivity index (χ2n) is 4.84. The minimum Gasteiger partial charge on any atom is -0.366 e. The third-order valence-electron chi connectivity index (χ3n) is 3.41. The maximum Gasteiger partial charge on any atom is 0.130 e. The Morgan fingerprint density at radius 3 is 2.82 bits per heavy atom. The Morgan fingerprint density at radius 2 is 2.12 bits per heavy atom. The number of hydrogen-bond donors (Lipinski definition) is 2. The summed E-state index contributed by atoms with van der Waals surface area (Å²) in [4.78, 5) is 8.81. The third kappa shape index (κ3) is 3.16. The van der Waals surface area contributed by atoms with E-state index in [9.17, 15) is 0 Å². The van der Waals surface area contributed by atoms with Gasteiger partial charge in [-0.1, -0.05) is 19.8 Å². The van der Waals surface area contributed by atoms with Crippen molar-refractivity contribution in [1.29, 1.82) is 0 Å². The van der Waals surface area contributed by atoms with Crippen molar-refractivity contribution >= 4 is 5.82 Å². The van der Waals surface area contributed by atoms with Gasteiger partial charge in [0.2, 0.25) is 0 Å². The number of hydrogen-bond acceptors (Lipinski definition) is 4. The van der Waals surface area contributed by atoms with Crippen LogP contribution >= 0.6 is 0 Å². The molecular formula is C13H22N4. The summed E-state index contributed by atoms with van der Waals surface area (Å²) in [5.41, 5.74) is 7.22. The standard InChI is InChI=1S/C13H22N4/c1-3-10-8-13(16-9(2)15-10)17-12-7-5-4-6-11(12)14/h8,11-12H,3-7,14H2,1-2H3,(H,15,16,17)/t11-,12-/m1/s1. The van der Waals surface area contributed by atoms with Crippen LogP contribution in [0, 0.1) is 6.92 Å². The SMILES string of the molecule is CCc1cc(N[C@@H]2CCCC[C@H]2N)nc(C)n1. The molecule has 0 unspecified atom stereocenters. The molecule has 0 amide bonds. The summed E-state index contributed by atoms with van der Waals surface area (Å²) in [7, 11) is 0. The van der Waals surface area contributed by atoms with Crippen LogP contribution < -0.4 is 11.1 Å². The van der Waals surface area contributed by atoms with E-state index in [1.807, 2.05) is 13.0 Å². The molecule has 0 radical (unpaired) electrons. The molecule has 0 aromatic carbocycles. The highest BCUT2D eigenvalue weighted by atomic mass is 15.1. The van der Waals surface area contributed by atoms with Gasteiger partial charge in [-0.2, -0.15) is 0 Å². The molecule has 3 N–H and O–H groups in total. The average Bonchev–Trinajstić information content (AvgIpc) is 2.31. The molecule has 1 aliphatic rings. The van der Waals surface area contributed by atoms with Crippen LogP contribution in [0.3, 0.4) is 0 Å². The van der Waals surface area contributed by atoms with E-state index < -0.39 is 0 Å². The van der Waals surface area contributed by atoms with E-state index in [1.54, 1.807) is 0 Å². The van der Waals surface area contributed by atoms with Gasteiger partial charge in [0.15, 0.2) is 0 Å². The van der Waals surface area contributed by atoms with Gasteiger partial charge in [-0.05, 0) is 26.2 Å². The van der Waals surface area contributed by atoms with Crippen molar-refractivity contribution in [3.05, 3.63) is 17.6 Å². The summed E-state index contributed by atoms with van der Waals surface area (Å²) in [6, 6.07) is 2.65. The second kappa shape index (κ2) is 5.45. The van der Waals surface area contributed by atoms with Crippen molar-refractivity contribution in [2.24, 2.45) is 5.73 Å². The highest BCUT2D eigenvalue weighted by Crippen LogP contribution is 2.20. The van der Waals surface area contributed by atoms with Crippen molar-refractivity contribution in [1.82, 2.24) is 9.97 Å². The van der Waals surface area contributed by atoms with Gasteiger partial charge in [-0.25, -0.2) is 9.97 Å². The van der Waals surface area contributed by atoms with Gasteiger partial charge in [0.25, 0.3) is 0 Å². The van der Waals surface area contributed by atoms with Gasteiger partial charge in [-0.15, -0.1) is 0 Å². The van der Waals surface area contributed by atoms with Crippen molar-refractivity contribution in [2.75, 3.05) is 5.32 Å². The lowest BCUT2D eigenvalue weighted by molar-refractivity contribution is 0.403. The van der Waals surface area contributed by atoms with Crippen LogP contribution in [-0.2, 0) is 6.42 Å². The molecule has 17 heavy (non-hydrogen) atoms. The average molecular weight is 234 g/mol. The Balaban J connectivity index is 2.09. The van der Waals surface area contributed by atoms with E-state index in [-0.39, 0.29) is 6.04 Å². The van der Waals surface area contributed by atoms with Crippen LogP contribution in [0.2, 0.25) is 0 Å². The van der Waals surface area contributed by atoms with E-state index >= 15 is 0 Å². The molecule has 0 aliphatic heterocycles. The zero-order valence-corrected chi connectivity index (χ0v) is 10.7. The van der Waals surface area contributed by atoms with Gasteiger partial charge in [0.1, 0.15) is 11.6 Å². The topological polar surface area (TPSA) is 63.8 Å². The van der Waals surface area contributed by atoms with Crippen LogP contribution in [0.15, 0.2) is 6.07 Å². The van der Waals surface area contributed by atoms with E-state index in [0.717, 1.165) is 36.6 Å². The highest BCUT2D eigenvalue weighted by molar-refractivity contribution is 5.37. The molecule has 2 rings (SSSR count). The van der Waals surface area contributed by atoms with E-state index in [2.05, 4.69) is 22.2 Å². The van der Waals surface area contributed by atoms with Gasteiger partial charge in [0.05, 0.1) is 0 Å². The molecule has 4 heteroatoms. The summed E-state index contributed by atoms with van der Waals surface area (Å²) in [6.45, 7) is 4.04. The lowest BCUT2D eigenvalue weighted by Gasteiger charge is -2.29. The number of aryl methyl sites for hydroxylation is 2. The Hall–Kier alpha value is -1.16. The summed E-state index contributed by atoms with van der Waals surface area (Å²) in [5.74, 6) is 1.76. The smallest absolute Gasteiger partial charge is 0.130 e. The molecule has 1 saturated carbocycles. The number of nitrogens with two attached hydrogens (primary N) is 1. The number of nitrogens with zero attached hydrogens (tertiary/aromatic N) is 2. The molecule has 1 aliphatic carbocycles. The predicted molar refractivity (Wildman–Crippen MR) is 70.0 cm³/mol. The summed E-state index contributed by atoms with van der Waals surface area (Å²) in [6.07, 6.45) is 5.71. The molecule has 4 nitrogen and oxygen atoms in total. The maximum absolute atomic E-state index is 6.13. The minimum atomic E-state index is 0.254. The fourth-order valence-electron chi connectivity index (χ4n) is 2.41. The Labute approximate surface area is 103 Å². The van der Waals surface area contributed by atoms with Crippen molar-refractivity contribution in [3.63, 3.8) is 0 Å². The summed E-state index contributed by atoms with van der Waals surface area (Å²) < 4.78 is 0. The highest BCUT2D eigenvalue weighted by Gasteiger charge is 2.21. The molecule has 94 valence electrons. The summed E-state index contributed by atoms with van der Waals surface area (Å²) >= 11 is 0. The van der Waals surface area contributed by atoms with Crippen LogP contribution in [0.4, 0.5) is 5.82 Å². The van der Waals surface area contributed by atoms with Crippen LogP contribution in [0.5, 0.6) is 0 Å². The van der Waals surface area contributed by atoms with Crippen molar-refractivity contribution < 1.29 is 0 Å². The van der Waals surface area contributed by atoms with Gasteiger partial charge >= 0.3 is 0 Å². The molecule has 0 saturated heterocycles. The zero-order chi connectivity index (χ0) is 12.3. The number of anilines is 1. The Kier molecular flexibility index (Phi) is 3.94. The predicted octanol–water partition coefficient (Wildman–Crippen LogP) is 2.03. The molecular weight excluding hydrogens is 212 g/mol. The third-order valence-corrected chi connectivity index (χ3v) is 3.41. The monoisotopic (exact) mass is 234 g/mol. The van der Waals surface area contributed by atoms with E-state index in [4.69, 9.17) is 5.73 Å². The first kappa shape index (κ1) is 12.3. The molecule has 0 spiro atoms. The quantitative estimate of drug-likeness (QED) is 0.840. The zero-order valence-electron chi connectivity index (χ0n) is 10.7. The number of nitrogens with one attached hydrogen (secondary N) is 1. The second-order valence-corrected chi connectivity index (χ2v) is 4.84. The Morgan fingerprint density at radius 1 is 1.35 bits per heavy atom. The number of aromatic nitrogens is 2. The number of rotatable bonds is 3. The molecule has 1 aromatic rings. The van der Waals surface area contributed by atoms with Crippen LogP contribution in [0.25, 0.3) is 0 Å². The lowest BCUT2D eigenvalue weighted by Crippen LogP contribution is -2.42. The molecule has 1 aromatic heterocycles. The largest absolute Gasteiger partial charge is 0.366 e. The normalized spacial score (nSPS) is 24.6. The maximum atomic E-state index is 6.13. The molecule has 1 fully saturated rings. The van der Waals surface area contributed by atoms with Gasteiger partial charge < -0.3 is 11.1 Å². The summed E-state index contributed by atoms with van der Waals surface area (Å²) in [5, 5.41) is 3.47. The molecule has 0 bridgehead atoms. The fraction of sp³-hybridized carbons (Fsp3) is 0.692. The minimum absolute atomic E-state index is 0.254. The first-order valence-electron chi connectivity index (χ1n) is 6.55. The van der Waals surface area contributed by atoms with Crippen molar-refractivity contribution in [3.8, 4) is 0 Å². The Bertz CT molecular complexity index is 378. The molecule has 2 atom stereocenters. The first-order chi connectivity index (χ1) is 8.19.